The van der Waals surface area contributed by atoms with Crippen LogP contribution in [0.5, 0.6) is 0 Å². The molecular weight excluding hydrogens is 367 g/mol. The molecule has 1 N–H and O–H groups in total. The van der Waals surface area contributed by atoms with E-state index in [9.17, 15) is 9.18 Å². The molecule has 1 atom stereocenters. The van der Waals surface area contributed by atoms with E-state index in [0.717, 1.165) is 22.3 Å². The number of nitrogens with zero attached hydrogens (tertiary/aromatic N) is 5. The van der Waals surface area contributed by atoms with Crippen LogP contribution in [0.2, 0.25) is 0 Å². The summed E-state index contributed by atoms with van der Waals surface area (Å²) in [6.07, 6.45) is 8.43. The van der Waals surface area contributed by atoms with E-state index in [2.05, 4.69) is 20.3 Å². The van der Waals surface area contributed by atoms with Gasteiger partial charge in [-0.1, -0.05) is 0 Å². The van der Waals surface area contributed by atoms with Crippen molar-refractivity contribution in [3.05, 3.63) is 47.3 Å². The second-order valence-electron chi connectivity index (χ2n) is 6.49. The number of amides is 1. The average molecular weight is 382 g/mol. The lowest BCUT2D eigenvalue weighted by molar-refractivity contribution is 0.0787. The largest absolute Gasteiger partial charge is 0.335 e. The van der Waals surface area contributed by atoms with E-state index in [-0.39, 0.29) is 12.5 Å². The van der Waals surface area contributed by atoms with Gasteiger partial charge in [-0.25, -0.2) is 13.9 Å². The van der Waals surface area contributed by atoms with Crippen LogP contribution in [0.3, 0.4) is 0 Å². The third-order valence-electron chi connectivity index (χ3n) is 4.73. The summed E-state index contributed by atoms with van der Waals surface area (Å²) < 4.78 is 15.1. The highest BCUT2D eigenvalue weighted by atomic mass is 32.1. The van der Waals surface area contributed by atoms with Gasteiger partial charge in [0.25, 0.3) is 5.91 Å². The standard InChI is InChI=1S/C18H15FN6OS/c19-14-1-2-24(9-14)18(26)16-3-11(10-27-16)15-7-23-25-8-13(4-20-17(15)25)12-5-21-22-6-12/h3-8,10,14H,1-2,9H2,(H,21,22)/t14-/m0/s1. The highest BCUT2D eigenvalue weighted by Gasteiger charge is 2.27. The lowest BCUT2D eigenvalue weighted by atomic mass is 10.1. The number of thiophene rings is 1. The third kappa shape index (κ3) is 2.80. The smallest absolute Gasteiger partial charge is 0.264 e. The molecule has 5 heterocycles. The van der Waals surface area contributed by atoms with Gasteiger partial charge in [-0.3, -0.25) is 9.89 Å². The second-order valence-corrected chi connectivity index (χ2v) is 7.40. The van der Waals surface area contributed by atoms with Crippen LogP contribution in [0.25, 0.3) is 27.9 Å². The number of hydrogen-bond acceptors (Lipinski definition) is 5. The number of hydrogen-bond donors (Lipinski definition) is 1. The van der Waals surface area contributed by atoms with Crippen molar-refractivity contribution in [2.75, 3.05) is 13.1 Å². The molecule has 1 aliphatic rings. The van der Waals surface area contributed by atoms with Crippen LogP contribution in [-0.2, 0) is 0 Å². The minimum atomic E-state index is -0.915. The van der Waals surface area contributed by atoms with Gasteiger partial charge in [-0.2, -0.15) is 10.2 Å². The third-order valence-corrected chi connectivity index (χ3v) is 5.65. The van der Waals surface area contributed by atoms with Crippen molar-refractivity contribution in [1.82, 2.24) is 29.7 Å². The van der Waals surface area contributed by atoms with Crippen LogP contribution in [-0.4, -0.2) is 54.9 Å². The quantitative estimate of drug-likeness (QED) is 0.591. The van der Waals surface area contributed by atoms with Crippen LogP contribution in [0.1, 0.15) is 16.1 Å². The summed E-state index contributed by atoms with van der Waals surface area (Å²) >= 11 is 1.36. The summed E-state index contributed by atoms with van der Waals surface area (Å²) in [7, 11) is 0. The number of carbonyl (C=O) groups is 1. The molecule has 0 aromatic carbocycles. The Kier molecular flexibility index (Phi) is 3.75. The van der Waals surface area contributed by atoms with E-state index < -0.39 is 6.17 Å². The van der Waals surface area contributed by atoms with Gasteiger partial charge in [0.2, 0.25) is 0 Å². The first-order chi connectivity index (χ1) is 13.2. The fraction of sp³-hybridized carbons (Fsp3) is 0.222. The Morgan fingerprint density at radius 2 is 2.19 bits per heavy atom. The van der Waals surface area contributed by atoms with Crippen molar-refractivity contribution in [1.29, 1.82) is 0 Å². The van der Waals surface area contributed by atoms with Crippen molar-refractivity contribution in [2.45, 2.75) is 12.6 Å². The summed E-state index contributed by atoms with van der Waals surface area (Å²) in [6.45, 7) is 0.656. The van der Waals surface area contributed by atoms with Gasteiger partial charge in [0.05, 0.1) is 23.8 Å². The number of H-pyrrole nitrogens is 1. The highest BCUT2D eigenvalue weighted by Crippen LogP contribution is 2.30. The zero-order chi connectivity index (χ0) is 18.4. The summed E-state index contributed by atoms with van der Waals surface area (Å²) in [5.41, 5.74) is 4.29. The Hall–Kier alpha value is -3.07. The SMILES string of the molecule is O=C(c1cc(-c2cnn3cc(-c4cn[nH]c4)cnc23)cs1)N1CC[C@H](F)C1. The number of fused-ring (bicyclic) bond motifs is 1. The molecule has 0 unspecified atom stereocenters. The van der Waals surface area contributed by atoms with E-state index in [1.54, 1.807) is 34.2 Å². The number of carbonyl (C=O) groups excluding carboxylic acids is 1. The summed E-state index contributed by atoms with van der Waals surface area (Å²) in [5, 5.41) is 13.0. The van der Waals surface area contributed by atoms with E-state index in [1.165, 1.54) is 11.3 Å². The van der Waals surface area contributed by atoms with Gasteiger partial charge in [-0.15, -0.1) is 11.3 Å². The molecule has 0 saturated carbocycles. The predicted molar refractivity (Wildman–Crippen MR) is 99.3 cm³/mol. The predicted octanol–water partition coefficient (Wildman–Crippen LogP) is 3.03. The maximum atomic E-state index is 13.4. The molecule has 5 rings (SSSR count). The van der Waals surface area contributed by atoms with Gasteiger partial charge < -0.3 is 4.90 Å². The summed E-state index contributed by atoms with van der Waals surface area (Å²) in [6, 6.07) is 1.83. The zero-order valence-corrected chi connectivity index (χ0v) is 15.0. The lowest BCUT2D eigenvalue weighted by Gasteiger charge is -2.13. The molecule has 1 aliphatic heterocycles. The minimum absolute atomic E-state index is 0.113. The Balaban J connectivity index is 1.46. The molecule has 4 aromatic rings. The Labute approximate surface area is 157 Å². The fourth-order valence-electron chi connectivity index (χ4n) is 3.28. The number of nitrogens with one attached hydrogen (secondary N) is 1. The summed E-state index contributed by atoms with van der Waals surface area (Å²) in [4.78, 5) is 19.3. The molecule has 1 saturated heterocycles. The van der Waals surface area contributed by atoms with Gasteiger partial charge in [0.15, 0.2) is 5.65 Å². The Bertz CT molecular complexity index is 1120. The average Bonchev–Trinajstić information content (AvgIpc) is 3.45. The van der Waals surface area contributed by atoms with Gasteiger partial charge in [0.1, 0.15) is 6.17 Å². The minimum Gasteiger partial charge on any atom is -0.335 e. The fourth-order valence-corrected chi connectivity index (χ4v) is 4.16. The normalized spacial score (nSPS) is 17.1. The van der Waals surface area contributed by atoms with E-state index in [1.807, 2.05) is 17.6 Å². The monoisotopic (exact) mass is 382 g/mol. The van der Waals surface area contributed by atoms with E-state index in [0.29, 0.717) is 23.5 Å². The molecule has 27 heavy (non-hydrogen) atoms. The summed E-state index contributed by atoms with van der Waals surface area (Å²) in [5.74, 6) is -0.113. The van der Waals surface area contributed by atoms with Crippen LogP contribution < -0.4 is 0 Å². The number of rotatable bonds is 3. The Morgan fingerprint density at radius 3 is 2.96 bits per heavy atom. The van der Waals surface area contributed by atoms with Crippen molar-refractivity contribution >= 4 is 22.9 Å². The highest BCUT2D eigenvalue weighted by molar-refractivity contribution is 7.12. The van der Waals surface area contributed by atoms with Gasteiger partial charge in [-0.05, 0) is 23.4 Å². The first kappa shape index (κ1) is 16.1. The molecule has 136 valence electrons. The van der Waals surface area contributed by atoms with Crippen molar-refractivity contribution in [2.24, 2.45) is 0 Å². The number of likely N-dealkylation sites (tertiary alicyclic amines) is 1. The number of alkyl halides is 1. The second kappa shape index (κ2) is 6.27. The maximum Gasteiger partial charge on any atom is 0.264 e. The Morgan fingerprint density at radius 1 is 1.26 bits per heavy atom. The van der Waals surface area contributed by atoms with Crippen LogP contribution in [0.4, 0.5) is 4.39 Å². The van der Waals surface area contributed by atoms with Crippen molar-refractivity contribution < 1.29 is 9.18 Å². The topological polar surface area (TPSA) is 79.2 Å². The number of aromatic nitrogens is 5. The molecule has 4 aromatic heterocycles. The molecule has 0 aliphatic carbocycles. The number of aromatic amines is 1. The lowest BCUT2D eigenvalue weighted by Crippen LogP contribution is -2.28. The maximum absolute atomic E-state index is 13.4. The molecule has 0 spiro atoms. The van der Waals surface area contributed by atoms with Crippen LogP contribution in [0, 0.1) is 0 Å². The van der Waals surface area contributed by atoms with Gasteiger partial charge in [0, 0.05) is 41.8 Å². The van der Waals surface area contributed by atoms with Gasteiger partial charge >= 0.3 is 0 Å². The van der Waals surface area contributed by atoms with Crippen molar-refractivity contribution in [3.8, 4) is 22.3 Å². The molecule has 0 radical (unpaired) electrons. The van der Waals surface area contributed by atoms with E-state index in [4.69, 9.17) is 0 Å². The molecule has 1 amide bonds. The zero-order valence-electron chi connectivity index (χ0n) is 14.2. The molecule has 1 fully saturated rings. The van der Waals surface area contributed by atoms with Crippen LogP contribution >= 0.6 is 11.3 Å². The van der Waals surface area contributed by atoms with E-state index >= 15 is 0 Å². The molecule has 0 bridgehead atoms. The van der Waals surface area contributed by atoms with Crippen LogP contribution in [0.15, 0.2) is 42.4 Å². The van der Waals surface area contributed by atoms with Crippen molar-refractivity contribution in [3.63, 3.8) is 0 Å². The number of halogens is 1. The molecule has 7 nitrogen and oxygen atoms in total. The first-order valence-corrected chi connectivity index (χ1v) is 9.42. The first-order valence-electron chi connectivity index (χ1n) is 8.54. The molecule has 9 heteroatoms. The molecular formula is C18H15FN6OS.